The van der Waals surface area contributed by atoms with E-state index >= 15 is 0 Å². The van der Waals surface area contributed by atoms with Crippen LogP contribution in [0.5, 0.6) is 5.75 Å². The normalized spacial score (nSPS) is 9.00. The third-order valence-electron chi connectivity index (χ3n) is 1.06. The predicted octanol–water partition coefficient (Wildman–Crippen LogP) is 1.85. The third kappa shape index (κ3) is 1.73. The van der Waals surface area contributed by atoms with E-state index in [1.54, 1.807) is 19.4 Å². The first-order chi connectivity index (χ1) is 4.86. The number of hydrogen-bond donors (Lipinski definition) is 1. The lowest BCUT2D eigenvalue weighted by atomic mass is 10.4. The summed E-state index contributed by atoms with van der Waals surface area (Å²) in [6.45, 7) is 0. The van der Waals surface area contributed by atoms with Crippen LogP contribution in [-0.2, 0) is 0 Å². The number of aromatic nitrogens is 1. The van der Waals surface area contributed by atoms with E-state index in [-0.39, 0.29) is 0 Å². The fourth-order valence-corrected chi connectivity index (χ4v) is 0.885. The molecule has 0 radical (unpaired) electrons. The molecule has 0 spiro atoms. The van der Waals surface area contributed by atoms with Crippen molar-refractivity contribution >= 4 is 28.7 Å². The Kier molecular flexibility index (Phi) is 2.73. The smallest absolute Gasteiger partial charge is 0.138 e. The molecule has 4 heteroatoms. The second-order valence-electron chi connectivity index (χ2n) is 1.68. The van der Waals surface area contributed by atoms with Crippen LogP contribution in [0.1, 0.15) is 0 Å². The molecular weight excluding hydrogens is 243 g/mol. The van der Waals surface area contributed by atoms with Gasteiger partial charge in [-0.2, -0.15) is 0 Å². The van der Waals surface area contributed by atoms with E-state index in [1.807, 2.05) is 28.9 Å². The molecule has 0 saturated heterocycles. The van der Waals surface area contributed by atoms with E-state index < -0.39 is 0 Å². The Morgan fingerprint density at radius 2 is 2.50 bits per heavy atom. The molecular formula is C6H7IN2O. The standard InChI is InChI=1S/C6H7IN2O/c1-10-5-2-3-8-6(4-5)9-7/h2-4H,1H3,(H,8,9). The maximum Gasteiger partial charge on any atom is 0.138 e. The third-order valence-corrected chi connectivity index (χ3v) is 1.62. The zero-order chi connectivity index (χ0) is 7.40. The van der Waals surface area contributed by atoms with E-state index in [0.29, 0.717) is 0 Å². The average Bonchev–Trinajstić information content (AvgIpc) is 2.05. The second-order valence-corrected chi connectivity index (χ2v) is 2.21. The van der Waals surface area contributed by atoms with Gasteiger partial charge in [-0.1, -0.05) is 0 Å². The number of pyridine rings is 1. The van der Waals surface area contributed by atoms with Crippen LogP contribution in [-0.4, -0.2) is 12.1 Å². The summed E-state index contributed by atoms with van der Waals surface area (Å²) >= 11 is 2.02. The molecule has 0 saturated carbocycles. The van der Waals surface area contributed by atoms with Gasteiger partial charge in [0, 0.05) is 12.3 Å². The Morgan fingerprint density at radius 1 is 1.70 bits per heavy atom. The highest BCUT2D eigenvalue weighted by atomic mass is 127. The molecule has 0 unspecified atom stereocenters. The van der Waals surface area contributed by atoms with Crippen LogP contribution in [0, 0.1) is 0 Å². The topological polar surface area (TPSA) is 34.1 Å². The predicted molar refractivity (Wildman–Crippen MR) is 48.4 cm³/mol. The van der Waals surface area contributed by atoms with E-state index in [1.165, 1.54) is 0 Å². The summed E-state index contributed by atoms with van der Waals surface area (Å²) in [4.78, 5) is 4.01. The fraction of sp³-hybridized carbons (Fsp3) is 0.167. The molecule has 1 aromatic heterocycles. The van der Waals surface area contributed by atoms with Gasteiger partial charge in [0.2, 0.25) is 0 Å². The Hall–Kier alpha value is -0.520. The molecule has 0 fully saturated rings. The number of anilines is 1. The van der Waals surface area contributed by atoms with Crippen molar-refractivity contribution in [2.75, 3.05) is 10.6 Å². The molecule has 1 heterocycles. The van der Waals surface area contributed by atoms with Gasteiger partial charge >= 0.3 is 0 Å². The van der Waals surface area contributed by atoms with Crippen molar-refractivity contribution in [3.05, 3.63) is 18.3 Å². The van der Waals surface area contributed by atoms with Gasteiger partial charge in [0.15, 0.2) is 0 Å². The Bertz CT molecular complexity index is 197. The van der Waals surface area contributed by atoms with Crippen molar-refractivity contribution in [2.24, 2.45) is 0 Å². The van der Waals surface area contributed by atoms with E-state index in [4.69, 9.17) is 4.74 Å². The van der Waals surface area contributed by atoms with Crippen molar-refractivity contribution in [3.63, 3.8) is 0 Å². The zero-order valence-corrected chi connectivity index (χ0v) is 7.62. The van der Waals surface area contributed by atoms with Crippen LogP contribution < -0.4 is 8.27 Å². The van der Waals surface area contributed by atoms with Crippen molar-refractivity contribution in [3.8, 4) is 5.75 Å². The molecule has 3 nitrogen and oxygen atoms in total. The van der Waals surface area contributed by atoms with Gasteiger partial charge in [0.1, 0.15) is 11.6 Å². The molecule has 0 amide bonds. The first-order valence-electron chi connectivity index (χ1n) is 2.73. The monoisotopic (exact) mass is 250 g/mol. The van der Waals surface area contributed by atoms with Crippen LogP contribution in [0.25, 0.3) is 0 Å². The molecule has 0 aliphatic heterocycles. The number of nitrogens with one attached hydrogen (secondary N) is 1. The highest BCUT2D eigenvalue weighted by molar-refractivity contribution is 14.1. The molecule has 1 N–H and O–H groups in total. The molecule has 54 valence electrons. The van der Waals surface area contributed by atoms with Gasteiger partial charge in [0.25, 0.3) is 0 Å². The minimum Gasteiger partial charge on any atom is -0.497 e. The van der Waals surface area contributed by atoms with Crippen molar-refractivity contribution in [2.45, 2.75) is 0 Å². The number of rotatable bonds is 2. The van der Waals surface area contributed by atoms with E-state index in [0.717, 1.165) is 11.6 Å². The fourth-order valence-electron chi connectivity index (χ4n) is 0.590. The largest absolute Gasteiger partial charge is 0.497 e. The van der Waals surface area contributed by atoms with Gasteiger partial charge in [0.05, 0.1) is 30.0 Å². The van der Waals surface area contributed by atoms with Crippen molar-refractivity contribution < 1.29 is 4.74 Å². The molecule has 0 aliphatic rings. The minimum atomic E-state index is 0.806. The lowest BCUT2D eigenvalue weighted by molar-refractivity contribution is 0.414. The molecule has 1 aromatic rings. The summed E-state index contributed by atoms with van der Waals surface area (Å²) in [7, 11) is 1.63. The Balaban J connectivity index is 2.87. The maximum absolute atomic E-state index is 4.97. The number of hydrogen-bond acceptors (Lipinski definition) is 3. The van der Waals surface area contributed by atoms with Gasteiger partial charge in [-0.3, -0.25) is 0 Å². The average molecular weight is 250 g/mol. The molecule has 0 atom stereocenters. The second kappa shape index (κ2) is 3.60. The summed E-state index contributed by atoms with van der Waals surface area (Å²) in [5.41, 5.74) is 0. The lowest BCUT2D eigenvalue weighted by Gasteiger charge is -1.99. The van der Waals surface area contributed by atoms with Gasteiger partial charge in [-0.15, -0.1) is 0 Å². The first-order valence-corrected chi connectivity index (χ1v) is 3.81. The summed E-state index contributed by atoms with van der Waals surface area (Å²) in [5, 5.41) is 0. The zero-order valence-electron chi connectivity index (χ0n) is 5.47. The van der Waals surface area contributed by atoms with Gasteiger partial charge in [-0.25, -0.2) is 4.98 Å². The molecule has 0 aliphatic carbocycles. The highest BCUT2D eigenvalue weighted by Crippen LogP contribution is 2.14. The van der Waals surface area contributed by atoms with Crippen molar-refractivity contribution in [1.82, 2.24) is 4.98 Å². The van der Waals surface area contributed by atoms with Crippen LogP contribution in [0.3, 0.4) is 0 Å². The molecule has 10 heavy (non-hydrogen) atoms. The number of ether oxygens (including phenoxy) is 1. The summed E-state index contributed by atoms with van der Waals surface area (Å²) in [6, 6.07) is 3.63. The van der Waals surface area contributed by atoms with E-state index in [9.17, 15) is 0 Å². The quantitative estimate of drug-likeness (QED) is 0.642. The number of methoxy groups -OCH3 is 1. The molecule has 0 aromatic carbocycles. The first kappa shape index (κ1) is 7.59. The summed E-state index contributed by atoms with van der Waals surface area (Å²) in [6.07, 6.45) is 1.69. The van der Waals surface area contributed by atoms with Crippen LogP contribution in [0.4, 0.5) is 5.82 Å². The molecule has 0 bridgehead atoms. The Morgan fingerprint density at radius 3 is 3.10 bits per heavy atom. The van der Waals surface area contributed by atoms with Crippen molar-refractivity contribution in [1.29, 1.82) is 0 Å². The van der Waals surface area contributed by atoms with E-state index in [2.05, 4.69) is 8.51 Å². The molecule has 1 rings (SSSR count). The van der Waals surface area contributed by atoms with Crippen LogP contribution in [0.15, 0.2) is 18.3 Å². The van der Waals surface area contributed by atoms with Crippen LogP contribution >= 0.6 is 22.9 Å². The Labute approximate surface area is 73.3 Å². The maximum atomic E-state index is 4.97. The minimum absolute atomic E-state index is 0.806. The number of nitrogens with zero attached hydrogens (tertiary/aromatic N) is 1. The van der Waals surface area contributed by atoms with Gasteiger partial charge in [-0.05, 0) is 6.07 Å². The summed E-state index contributed by atoms with van der Waals surface area (Å²) in [5.74, 6) is 1.62. The summed E-state index contributed by atoms with van der Waals surface area (Å²) < 4.78 is 7.85. The lowest BCUT2D eigenvalue weighted by Crippen LogP contribution is -1.87. The SMILES string of the molecule is COc1ccnc(NI)c1. The highest BCUT2D eigenvalue weighted by Gasteiger charge is 1.92. The number of halogens is 1. The van der Waals surface area contributed by atoms with Crippen LogP contribution in [0.2, 0.25) is 0 Å². The van der Waals surface area contributed by atoms with Gasteiger partial charge < -0.3 is 8.27 Å².